The third kappa shape index (κ3) is 15.5. The summed E-state index contributed by atoms with van der Waals surface area (Å²) in [5, 5.41) is 0. The first-order chi connectivity index (χ1) is 19.6. The Morgan fingerprint density at radius 2 is 0.927 bits per heavy atom. The molecule has 2 aromatic rings. The number of hydrogen-bond donors (Lipinski definition) is 0. The Kier molecular flexibility index (Phi) is 21.9. The Bertz CT molecular complexity index is 1010. The molecule has 0 aliphatic rings. The molecule has 0 saturated heterocycles. The van der Waals surface area contributed by atoms with Gasteiger partial charge in [0.05, 0.1) is 17.1 Å². The van der Waals surface area contributed by atoms with Crippen LogP contribution >= 0.6 is 0 Å². The molecule has 0 aromatic heterocycles. The molecule has 0 unspecified atom stereocenters. The summed E-state index contributed by atoms with van der Waals surface area (Å²) in [5.41, 5.74) is 9.32. The molecule has 0 aliphatic heterocycles. The molecule has 232 valence electrons. The monoisotopic (exact) mass is 650 g/mol. The van der Waals surface area contributed by atoms with Gasteiger partial charge in [-0.15, -0.1) is 0 Å². The van der Waals surface area contributed by atoms with Crippen LogP contribution in [0.15, 0.2) is 46.4 Å². The average molecular weight is 651 g/mol. The molecule has 0 aliphatic carbocycles. The zero-order valence-corrected chi connectivity index (χ0v) is 28.7. The number of nitrogens with zero attached hydrogens (tertiary/aromatic N) is 2. The van der Waals surface area contributed by atoms with Gasteiger partial charge >= 0.3 is 0 Å². The Morgan fingerprint density at radius 1 is 0.512 bits per heavy atom. The fourth-order valence-corrected chi connectivity index (χ4v) is 5.41. The van der Waals surface area contributed by atoms with E-state index in [0.717, 1.165) is 29.9 Å². The van der Waals surface area contributed by atoms with Gasteiger partial charge in [0.2, 0.25) is 0 Å². The van der Waals surface area contributed by atoms with E-state index < -0.39 is 0 Å². The smallest absolute Gasteiger partial charge is 0.0636 e. The van der Waals surface area contributed by atoms with Gasteiger partial charge in [0.25, 0.3) is 0 Å². The summed E-state index contributed by atoms with van der Waals surface area (Å²) < 4.78 is 0. The molecule has 41 heavy (non-hydrogen) atoms. The number of rotatable bonds is 22. The van der Waals surface area contributed by atoms with Crippen LogP contribution in [-0.2, 0) is 46.1 Å². The second-order valence-electron chi connectivity index (χ2n) is 11.7. The van der Waals surface area contributed by atoms with Crippen molar-refractivity contribution in [1.82, 2.24) is 0 Å². The van der Waals surface area contributed by atoms with E-state index in [1.165, 1.54) is 131 Å². The van der Waals surface area contributed by atoms with Gasteiger partial charge in [0.1, 0.15) is 0 Å². The van der Waals surface area contributed by atoms with Crippen molar-refractivity contribution in [1.29, 1.82) is 0 Å². The van der Waals surface area contributed by atoms with E-state index in [9.17, 15) is 0 Å². The van der Waals surface area contributed by atoms with E-state index in [2.05, 4.69) is 71.0 Å². The zero-order chi connectivity index (χ0) is 28.8. The summed E-state index contributed by atoms with van der Waals surface area (Å²) in [6.07, 6.45) is 25.4. The summed E-state index contributed by atoms with van der Waals surface area (Å²) in [5.74, 6) is 0. The van der Waals surface area contributed by atoms with E-state index in [0.29, 0.717) is 0 Å². The van der Waals surface area contributed by atoms with Gasteiger partial charge in [0.15, 0.2) is 0 Å². The summed E-state index contributed by atoms with van der Waals surface area (Å²) in [4.78, 5) is 10.1. The number of benzene rings is 2. The minimum Gasteiger partial charge on any atom is -0.255 e. The number of hydrogen-bond acceptors (Lipinski definition) is 2. The molecule has 0 bridgehead atoms. The van der Waals surface area contributed by atoms with Gasteiger partial charge in [-0.25, -0.2) is 0 Å². The number of aliphatic imine (C=N–C) groups is 2. The number of unbranched alkanes of at least 4 members (excludes halogenated alkanes) is 9. The molecule has 2 nitrogen and oxygen atoms in total. The Hall–Kier alpha value is -1.56. The van der Waals surface area contributed by atoms with Crippen LogP contribution in [0.5, 0.6) is 0 Å². The average Bonchev–Trinajstić information content (AvgIpc) is 2.96. The second kappa shape index (κ2) is 23.9. The van der Waals surface area contributed by atoms with Crippen molar-refractivity contribution >= 4 is 23.3 Å². The van der Waals surface area contributed by atoms with Gasteiger partial charge in [-0.2, -0.15) is 0 Å². The van der Waals surface area contributed by atoms with E-state index in [1.54, 1.807) is 0 Å². The first kappa shape index (κ1) is 37.5. The normalized spacial score (nSPS) is 11.8. The molecule has 0 heterocycles. The molecular weight excluding hydrogens is 591 g/mol. The minimum absolute atomic E-state index is 0. The minimum atomic E-state index is 0. The standard InChI is InChI=1S/C38H60N2.Pd/c1-6-11-16-20-32-25-27-36(29-34(32)22-18-13-8-3)39-31-38(24-15-10-5)40-37-28-26-33(21-17-12-7-2)35(30-37)23-19-14-9-4;/h25-31H,6-24H2,1-5H3;. The largest absolute Gasteiger partial charge is 0.255 e. The van der Waals surface area contributed by atoms with Gasteiger partial charge in [-0.1, -0.05) is 105 Å². The molecule has 2 rings (SSSR count). The third-order valence-electron chi connectivity index (χ3n) is 8.00. The van der Waals surface area contributed by atoms with Crippen molar-refractivity contribution in [3.63, 3.8) is 0 Å². The molecule has 2 aromatic carbocycles. The maximum Gasteiger partial charge on any atom is 0.0636 e. The SMILES string of the molecule is CCCCCc1ccc(N=CC(CCCC)=Nc2ccc(CCCCC)c(CCCCC)c2)cc1CCCCC.[Pd]. The Balaban J connectivity index is 0.00000840. The van der Waals surface area contributed by atoms with Crippen molar-refractivity contribution in [3.05, 3.63) is 58.7 Å². The van der Waals surface area contributed by atoms with E-state index in [4.69, 9.17) is 9.98 Å². The van der Waals surface area contributed by atoms with Crippen molar-refractivity contribution in [3.8, 4) is 0 Å². The van der Waals surface area contributed by atoms with Crippen LogP contribution < -0.4 is 0 Å². The van der Waals surface area contributed by atoms with E-state index in [1.807, 2.05) is 6.21 Å². The predicted octanol–water partition coefficient (Wildman–Crippen LogP) is 12.3. The molecule has 0 atom stereocenters. The van der Waals surface area contributed by atoms with Crippen LogP contribution in [-0.4, -0.2) is 11.9 Å². The predicted molar refractivity (Wildman–Crippen MR) is 181 cm³/mol. The first-order valence-corrected chi connectivity index (χ1v) is 17.0. The van der Waals surface area contributed by atoms with Crippen LogP contribution in [0.4, 0.5) is 11.4 Å². The molecule has 0 amide bonds. The van der Waals surface area contributed by atoms with Gasteiger partial charge in [0, 0.05) is 26.6 Å². The first-order valence-electron chi connectivity index (χ1n) is 17.0. The summed E-state index contributed by atoms with van der Waals surface area (Å²) in [7, 11) is 0. The van der Waals surface area contributed by atoms with Gasteiger partial charge < -0.3 is 0 Å². The molecule has 0 N–H and O–H groups in total. The summed E-state index contributed by atoms with van der Waals surface area (Å²) in [6.45, 7) is 11.4. The van der Waals surface area contributed by atoms with Crippen molar-refractivity contribution in [2.24, 2.45) is 9.98 Å². The van der Waals surface area contributed by atoms with Gasteiger partial charge in [-0.05, 0) is 111 Å². The van der Waals surface area contributed by atoms with Crippen LogP contribution in [0, 0.1) is 0 Å². The quantitative estimate of drug-likeness (QED) is 0.0688. The molecule has 0 radical (unpaired) electrons. The molecule has 0 fully saturated rings. The molecule has 0 saturated carbocycles. The molecular formula is C38H60N2Pd. The van der Waals surface area contributed by atoms with Crippen LogP contribution in [0.2, 0.25) is 0 Å². The van der Waals surface area contributed by atoms with Crippen molar-refractivity contribution in [2.75, 3.05) is 0 Å². The fourth-order valence-electron chi connectivity index (χ4n) is 5.41. The Labute approximate surface area is 268 Å². The number of aryl methyl sites for hydroxylation is 4. The molecule has 3 heteroatoms. The zero-order valence-electron chi connectivity index (χ0n) is 27.2. The molecule has 0 spiro atoms. The van der Waals surface area contributed by atoms with Crippen LogP contribution in [0.3, 0.4) is 0 Å². The van der Waals surface area contributed by atoms with E-state index >= 15 is 0 Å². The fraction of sp³-hybridized carbons (Fsp3) is 0.632. The van der Waals surface area contributed by atoms with E-state index in [-0.39, 0.29) is 20.4 Å². The van der Waals surface area contributed by atoms with Crippen LogP contribution in [0.1, 0.15) is 153 Å². The summed E-state index contributed by atoms with van der Waals surface area (Å²) >= 11 is 0. The van der Waals surface area contributed by atoms with Crippen LogP contribution in [0.25, 0.3) is 0 Å². The maximum absolute atomic E-state index is 5.16. The second-order valence-corrected chi connectivity index (χ2v) is 11.7. The maximum atomic E-state index is 5.16. The summed E-state index contributed by atoms with van der Waals surface area (Å²) in [6, 6.07) is 13.9. The van der Waals surface area contributed by atoms with Crippen molar-refractivity contribution in [2.45, 2.75) is 157 Å². The Morgan fingerprint density at radius 3 is 1.39 bits per heavy atom. The van der Waals surface area contributed by atoms with Crippen molar-refractivity contribution < 1.29 is 20.4 Å². The third-order valence-corrected chi connectivity index (χ3v) is 8.00. The topological polar surface area (TPSA) is 24.7 Å². The van der Waals surface area contributed by atoms with Gasteiger partial charge in [-0.3, -0.25) is 9.98 Å².